The van der Waals surface area contributed by atoms with E-state index in [-0.39, 0.29) is 5.56 Å². The number of rotatable bonds is 7. The zero-order chi connectivity index (χ0) is 19.2. The quantitative estimate of drug-likeness (QED) is 0.815. The van der Waals surface area contributed by atoms with Crippen LogP contribution in [-0.4, -0.2) is 53.0 Å². The zero-order valence-corrected chi connectivity index (χ0v) is 16.9. The van der Waals surface area contributed by atoms with Crippen molar-refractivity contribution in [1.29, 1.82) is 0 Å². The molecule has 1 aliphatic heterocycles. The SMILES string of the molecule is CCCCc1cc(=O)[nH]c(-c2cccc(CN3CCC(N(C)C)CC3)c2)n1. The fraction of sp³-hybridized carbons (Fsp3) is 0.545. The summed E-state index contributed by atoms with van der Waals surface area (Å²) in [6.45, 7) is 5.37. The Kier molecular flexibility index (Phi) is 6.80. The Labute approximate surface area is 162 Å². The molecule has 5 nitrogen and oxygen atoms in total. The lowest BCUT2D eigenvalue weighted by atomic mass is 10.0. The summed E-state index contributed by atoms with van der Waals surface area (Å²) in [5.41, 5.74) is 3.08. The lowest BCUT2D eigenvalue weighted by Crippen LogP contribution is -2.41. The number of benzene rings is 1. The third-order valence-corrected chi connectivity index (χ3v) is 5.48. The highest BCUT2D eigenvalue weighted by molar-refractivity contribution is 5.56. The molecule has 1 aromatic carbocycles. The molecule has 0 radical (unpaired) electrons. The average molecular weight is 369 g/mol. The third kappa shape index (κ3) is 5.50. The molecule has 1 aromatic heterocycles. The highest BCUT2D eigenvalue weighted by Gasteiger charge is 2.20. The van der Waals surface area contributed by atoms with Gasteiger partial charge in [-0.3, -0.25) is 9.69 Å². The maximum absolute atomic E-state index is 12.0. The molecule has 1 fully saturated rings. The van der Waals surface area contributed by atoms with Crippen molar-refractivity contribution in [2.24, 2.45) is 0 Å². The molecule has 5 heteroatoms. The molecule has 2 aromatic rings. The van der Waals surface area contributed by atoms with Crippen LogP contribution in [0.2, 0.25) is 0 Å². The Hall–Kier alpha value is -1.98. The fourth-order valence-corrected chi connectivity index (χ4v) is 3.80. The molecule has 1 N–H and O–H groups in total. The normalized spacial score (nSPS) is 16.1. The summed E-state index contributed by atoms with van der Waals surface area (Å²) in [6, 6.07) is 10.8. The van der Waals surface area contributed by atoms with Gasteiger partial charge in [0.25, 0.3) is 5.56 Å². The molecule has 3 rings (SSSR count). The molecule has 1 saturated heterocycles. The summed E-state index contributed by atoms with van der Waals surface area (Å²) in [5.74, 6) is 0.682. The second kappa shape index (κ2) is 9.29. The standard InChI is InChI=1S/C22H32N4O/c1-4-5-9-19-15-21(27)24-22(23-19)18-8-6-7-17(14-18)16-26-12-10-20(11-13-26)25(2)3/h6-8,14-15,20H,4-5,9-13,16H2,1-3H3,(H,23,24,27). The lowest BCUT2D eigenvalue weighted by Gasteiger charge is -2.35. The van der Waals surface area contributed by atoms with Crippen molar-refractivity contribution in [3.8, 4) is 11.4 Å². The van der Waals surface area contributed by atoms with E-state index in [4.69, 9.17) is 0 Å². The highest BCUT2D eigenvalue weighted by Crippen LogP contribution is 2.20. The molecule has 0 aliphatic carbocycles. The van der Waals surface area contributed by atoms with Crippen LogP contribution in [0.1, 0.15) is 43.9 Å². The van der Waals surface area contributed by atoms with Crippen LogP contribution in [0, 0.1) is 0 Å². The first-order valence-corrected chi connectivity index (χ1v) is 10.1. The van der Waals surface area contributed by atoms with Gasteiger partial charge in [-0.1, -0.05) is 31.5 Å². The van der Waals surface area contributed by atoms with E-state index < -0.39 is 0 Å². The lowest BCUT2D eigenvalue weighted by molar-refractivity contribution is 0.140. The van der Waals surface area contributed by atoms with E-state index in [1.807, 2.05) is 6.07 Å². The first-order chi connectivity index (χ1) is 13.0. The van der Waals surface area contributed by atoms with Gasteiger partial charge in [0, 0.05) is 29.9 Å². The van der Waals surface area contributed by atoms with Gasteiger partial charge in [0.05, 0.1) is 0 Å². The minimum absolute atomic E-state index is 0.0673. The predicted molar refractivity (Wildman–Crippen MR) is 111 cm³/mol. The number of nitrogens with one attached hydrogen (secondary N) is 1. The zero-order valence-electron chi connectivity index (χ0n) is 16.9. The van der Waals surface area contributed by atoms with E-state index in [9.17, 15) is 4.79 Å². The van der Waals surface area contributed by atoms with Crippen molar-refractivity contribution >= 4 is 0 Å². The minimum Gasteiger partial charge on any atom is -0.307 e. The van der Waals surface area contributed by atoms with Crippen LogP contribution in [0.4, 0.5) is 0 Å². The van der Waals surface area contributed by atoms with Gasteiger partial charge < -0.3 is 9.88 Å². The van der Waals surface area contributed by atoms with Gasteiger partial charge in [-0.25, -0.2) is 4.98 Å². The van der Waals surface area contributed by atoms with Crippen molar-refractivity contribution < 1.29 is 0 Å². The van der Waals surface area contributed by atoms with Crippen molar-refractivity contribution in [1.82, 2.24) is 19.8 Å². The topological polar surface area (TPSA) is 52.2 Å². The molecule has 0 saturated carbocycles. The van der Waals surface area contributed by atoms with E-state index in [0.717, 1.165) is 50.2 Å². The van der Waals surface area contributed by atoms with Gasteiger partial charge in [0.15, 0.2) is 0 Å². The first kappa shape index (κ1) is 19.8. The Morgan fingerprint density at radius 3 is 2.70 bits per heavy atom. The van der Waals surface area contributed by atoms with Gasteiger partial charge >= 0.3 is 0 Å². The Morgan fingerprint density at radius 1 is 1.22 bits per heavy atom. The molecule has 1 aliphatic rings. The largest absolute Gasteiger partial charge is 0.307 e. The number of likely N-dealkylation sites (tertiary alicyclic amines) is 1. The van der Waals surface area contributed by atoms with Crippen LogP contribution >= 0.6 is 0 Å². The van der Waals surface area contributed by atoms with E-state index >= 15 is 0 Å². The number of hydrogen-bond acceptors (Lipinski definition) is 4. The maximum Gasteiger partial charge on any atom is 0.251 e. The van der Waals surface area contributed by atoms with Crippen molar-refractivity contribution in [2.75, 3.05) is 27.2 Å². The predicted octanol–water partition coefficient (Wildman–Crippen LogP) is 3.31. The number of piperidine rings is 1. The molecule has 0 bridgehead atoms. The summed E-state index contributed by atoms with van der Waals surface area (Å²) in [7, 11) is 4.35. The minimum atomic E-state index is -0.0673. The molecular formula is C22H32N4O. The number of H-pyrrole nitrogens is 1. The smallest absolute Gasteiger partial charge is 0.251 e. The summed E-state index contributed by atoms with van der Waals surface area (Å²) in [4.78, 5) is 24.5. The second-order valence-electron chi connectivity index (χ2n) is 7.86. The summed E-state index contributed by atoms with van der Waals surface area (Å²) in [5, 5.41) is 0. The number of aromatic nitrogens is 2. The van der Waals surface area contributed by atoms with Gasteiger partial charge in [-0.2, -0.15) is 0 Å². The Balaban J connectivity index is 1.71. The molecular weight excluding hydrogens is 336 g/mol. The van der Waals surface area contributed by atoms with Crippen LogP contribution < -0.4 is 5.56 Å². The van der Waals surface area contributed by atoms with Gasteiger partial charge in [-0.15, -0.1) is 0 Å². The highest BCUT2D eigenvalue weighted by atomic mass is 16.1. The van der Waals surface area contributed by atoms with Crippen LogP contribution in [0.15, 0.2) is 35.1 Å². The Bertz CT molecular complexity index is 791. The molecule has 0 spiro atoms. The number of nitrogens with zero attached hydrogens (tertiary/aromatic N) is 3. The van der Waals surface area contributed by atoms with E-state index in [0.29, 0.717) is 11.9 Å². The van der Waals surface area contributed by atoms with E-state index in [2.05, 4.69) is 59.0 Å². The third-order valence-electron chi connectivity index (χ3n) is 5.48. The fourth-order valence-electron chi connectivity index (χ4n) is 3.80. The number of hydrogen-bond donors (Lipinski definition) is 1. The van der Waals surface area contributed by atoms with Crippen molar-refractivity contribution in [3.63, 3.8) is 0 Å². The average Bonchev–Trinajstić information content (AvgIpc) is 2.66. The van der Waals surface area contributed by atoms with Crippen LogP contribution in [0.5, 0.6) is 0 Å². The van der Waals surface area contributed by atoms with Gasteiger partial charge in [-0.05, 0) is 64.5 Å². The maximum atomic E-state index is 12.0. The number of unbranched alkanes of at least 4 members (excludes halogenated alkanes) is 1. The monoisotopic (exact) mass is 368 g/mol. The summed E-state index contributed by atoms with van der Waals surface area (Å²) in [6.07, 6.45) is 5.46. The number of aromatic amines is 1. The molecule has 0 amide bonds. The first-order valence-electron chi connectivity index (χ1n) is 10.1. The van der Waals surface area contributed by atoms with Crippen LogP contribution in [-0.2, 0) is 13.0 Å². The molecule has 0 atom stereocenters. The summed E-state index contributed by atoms with van der Waals surface area (Å²) < 4.78 is 0. The van der Waals surface area contributed by atoms with Crippen LogP contribution in [0.25, 0.3) is 11.4 Å². The molecule has 0 unspecified atom stereocenters. The second-order valence-corrected chi connectivity index (χ2v) is 7.86. The van der Waals surface area contributed by atoms with E-state index in [1.54, 1.807) is 6.07 Å². The van der Waals surface area contributed by atoms with Gasteiger partial charge in [0.1, 0.15) is 5.82 Å². The summed E-state index contributed by atoms with van der Waals surface area (Å²) >= 11 is 0. The van der Waals surface area contributed by atoms with Gasteiger partial charge in [0.2, 0.25) is 0 Å². The van der Waals surface area contributed by atoms with Crippen molar-refractivity contribution in [2.45, 2.75) is 51.6 Å². The van der Waals surface area contributed by atoms with E-state index in [1.165, 1.54) is 18.4 Å². The molecule has 2 heterocycles. The Morgan fingerprint density at radius 2 is 2.00 bits per heavy atom. The molecule has 146 valence electrons. The van der Waals surface area contributed by atoms with Crippen LogP contribution in [0.3, 0.4) is 0 Å². The number of aryl methyl sites for hydroxylation is 1. The van der Waals surface area contributed by atoms with Crippen molar-refractivity contribution in [3.05, 3.63) is 51.9 Å². The molecule has 27 heavy (non-hydrogen) atoms.